The van der Waals surface area contributed by atoms with E-state index in [1.807, 2.05) is 31.2 Å². The van der Waals surface area contributed by atoms with E-state index < -0.39 is 0 Å². The van der Waals surface area contributed by atoms with Gasteiger partial charge in [-0.15, -0.1) is 0 Å². The van der Waals surface area contributed by atoms with Crippen molar-refractivity contribution in [3.63, 3.8) is 0 Å². The zero-order valence-electron chi connectivity index (χ0n) is 10.3. The van der Waals surface area contributed by atoms with Crippen molar-refractivity contribution in [2.24, 2.45) is 0 Å². The number of hydrogen-bond acceptors (Lipinski definition) is 4. The second-order valence-corrected chi connectivity index (χ2v) is 4.69. The van der Waals surface area contributed by atoms with Gasteiger partial charge in [-0.25, -0.2) is 4.98 Å². The van der Waals surface area contributed by atoms with Gasteiger partial charge in [0.25, 0.3) is 0 Å². The quantitative estimate of drug-likeness (QED) is 0.769. The fraction of sp³-hybridized carbons (Fsp3) is 0.154. The van der Waals surface area contributed by atoms with Gasteiger partial charge in [0.05, 0.1) is 11.6 Å². The highest BCUT2D eigenvalue weighted by molar-refractivity contribution is 6.31. The first-order valence-corrected chi connectivity index (χ1v) is 6.28. The standard InChI is InChI=1S/C13H12ClN5/c1-8(13-16-7-17-19-13)18-11-4-5-15-12-6-9(14)2-3-10(11)12/h2-8H,1H3,(H,15,18)(H,16,17,19). The number of nitrogens with one attached hydrogen (secondary N) is 2. The number of H-pyrrole nitrogens is 1. The summed E-state index contributed by atoms with van der Waals surface area (Å²) in [6.07, 6.45) is 3.26. The Morgan fingerprint density at radius 1 is 1.26 bits per heavy atom. The van der Waals surface area contributed by atoms with Crippen LogP contribution in [0.3, 0.4) is 0 Å². The first-order chi connectivity index (χ1) is 9.24. The molecule has 1 unspecified atom stereocenters. The Labute approximate surface area is 115 Å². The fourth-order valence-corrected chi connectivity index (χ4v) is 2.14. The Kier molecular flexibility index (Phi) is 3.05. The molecule has 0 amide bonds. The highest BCUT2D eigenvalue weighted by Gasteiger charge is 2.10. The van der Waals surface area contributed by atoms with Crippen molar-refractivity contribution in [1.29, 1.82) is 0 Å². The lowest BCUT2D eigenvalue weighted by atomic mass is 10.1. The summed E-state index contributed by atoms with van der Waals surface area (Å²) in [5.74, 6) is 0.791. The summed E-state index contributed by atoms with van der Waals surface area (Å²) in [5, 5.41) is 11.8. The van der Waals surface area contributed by atoms with Gasteiger partial charge in [0.1, 0.15) is 12.2 Å². The van der Waals surface area contributed by atoms with E-state index >= 15 is 0 Å². The van der Waals surface area contributed by atoms with Crippen molar-refractivity contribution in [3.8, 4) is 0 Å². The van der Waals surface area contributed by atoms with Gasteiger partial charge in [0, 0.05) is 22.3 Å². The van der Waals surface area contributed by atoms with Crippen molar-refractivity contribution in [3.05, 3.63) is 47.6 Å². The molecule has 3 aromatic rings. The van der Waals surface area contributed by atoms with Crippen LogP contribution >= 0.6 is 11.6 Å². The molecule has 3 rings (SSSR count). The molecule has 19 heavy (non-hydrogen) atoms. The minimum Gasteiger partial charge on any atom is -0.375 e. The molecule has 0 aliphatic heterocycles. The summed E-state index contributed by atoms with van der Waals surface area (Å²) in [7, 11) is 0. The maximum atomic E-state index is 5.97. The summed E-state index contributed by atoms with van der Waals surface area (Å²) in [5.41, 5.74) is 1.85. The Balaban J connectivity index is 1.97. The van der Waals surface area contributed by atoms with Crippen LogP contribution in [-0.4, -0.2) is 20.2 Å². The maximum Gasteiger partial charge on any atom is 0.146 e. The van der Waals surface area contributed by atoms with Crippen LogP contribution in [0.25, 0.3) is 10.9 Å². The van der Waals surface area contributed by atoms with Gasteiger partial charge in [-0.2, -0.15) is 5.10 Å². The summed E-state index contributed by atoms with van der Waals surface area (Å²) in [6.45, 7) is 2.02. The zero-order chi connectivity index (χ0) is 13.2. The minimum absolute atomic E-state index is 0.0313. The van der Waals surface area contributed by atoms with Gasteiger partial charge in [-0.05, 0) is 31.2 Å². The molecule has 96 valence electrons. The van der Waals surface area contributed by atoms with Gasteiger partial charge < -0.3 is 5.32 Å². The third kappa shape index (κ3) is 2.37. The molecule has 0 aliphatic carbocycles. The second kappa shape index (κ2) is 4.85. The molecule has 0 radical (unpaired) electrons. The molecule has 2 aromatic heterocycles. The highest BCUT2D eigenvalue weighted by Crippen LogP contribution is 2.26. The Morgan fingerprint density at radius 2 is 2.16 bits per heavy atom. The predicted octanol–water partition coefficient (Wildman–Crippen LogP) is 3.18. The molecule has 0 fully saturated rings. The van der Waals surface area contributed by atoms with Crippen molar-refractivity contribution >= 4 is 28.2 Å². The molecular weight excluding hydrogens is 262 g/mol. The Bertz CT molecular complexity index is 695. The summed E-state index contributed by atoms with van der Waals surface area (Å²) < 4.78 is 0. The van der Waals surface area contributed by atoms with E-state index in [4.69, 9.17) is 11.6 Å². The molecule has 0 saturated heterocycles. The van der Waals surface area contributed by atoms with Crippen molar-refractivity contribution in [2.75, 3.05) is 5.32 Å². The minimum atomic E-state index is 0.0313. The SMILES string of the molecule is CC(Nc1ccnc2cc(Cl)ccc12)c1ncn[nH]1. The average Bonchev–Trinajstić information content (AvgIpc) is 2.92. The number of anilines is 1. The third-order valence-electron chi connectivity index (χ3n) is 2.92. The molecule has 0 spiro atoms. The van der Waals surface area contributed by atoms with E-state index in [1.165, 1.54) is 6.33 Å². The predicted molar refractivity (Wildman–Crippen MR) is 75.2 cm³/mol. The molecule has 2 N–H and O–H groups in total. The molecule has 0 bridgehead atoms. The van der Waals surface area contributed by atoms with Crippen molar-refractivity contribution in [2.45, 2.75) is 13.0 Å². The Hall–Kier alpha value is -2.14. The molecule has 6 heteroatoms. The lowest BCUT2D eigenvalue weighted by Gasteiger charge is -2.14. The number of fused-ring (bicyclic) bond motifs is 1. The molecule has 0 saturated carbocycles. The Morgan fingerprint density at radius 3 is 2.95 bits per heavy atom. The van der Waals surface area contributed by atoms with Gasteiger partial charge in [-0.1, -0.05) is 11.6 Å². The molecular formula is C13H12ClN5. The van der Waals surface area contributed by atoms with E-state index in [0.29, 0.717) is 5.02 Å². The van der Waals surface area contributed by atoms with Gasteiger partial charge >= 0.3 is 0 Å². The van der Waals surface area contributed by atoms with Crippen LogP contribution in [-0.2, 0) is 0 Å². The van der Waals surface area contributed by atoms with E-state index in [2.05, 4.69) is 25.5 Å². The number of aromatic nitrogens is 4. The lowest BCUT2D eigenvalue weighted by Crippen LogP contribution is -2.08. The first kappa shape index (κ1) is 11.9. The van der Waals surface area contributed by atoms with E-state index in [-0.39, 0.29) is 6.04 Å². The van der Waals surface area contributed by atoms with Crippen LogP contribution in [0.1, 0.15) is 18.8 Å². The largest absolute Gasteiger partial charge is 0.375 e. The highest BCUT2D eigenvalue weighted by atomic mass is 35.5. The zero-order valence-corrected chi connectivity index (χ0v) is 11.0. The van der Waals surface area contributed by atoms with Gasteiger partial charge in [0.15, 0.2) is 0 Å². The molecule has 0 aliphatic rings. The van der Waals surface area contributed by atoms with Gasteiger partial charge in [-0.3, -0.25) is 10.1 Å². The molecule has 1 aromatic carbocycles. The number of benzene rings is 1. The first-order valence-electron chi connectivity index (χ1n) is 5.90. The maximum absolute atomic E-state index is 5.97. The van der Waals surface area contributed by atoms with Crippen LogP contribution in [0, 0.1) is 0 Å². The van der Waals surface area contributed by atoms with Crippen LogP contribution in [0.5, 0.6) is 0 Å². The molecule has 2 heterocycles. The fourth-order valence-electron chi connectivity index (χ4n) is 1.97. The number of nitrogens with zero attached hydrogens (tertiary/aromatic N) is 3. The second-order valence-electron chi connectivity index (χ2n) is 4.26. The van der Waals surface area contributed by atoms with E-state index in [1.54, 1.807) is 6.20 Å². The van der Waals surface area contributed by atoms with Crippen molar-refractivity contribution in [1.82, 2.24) is 20.2 Å². The van der Waals surface area contributed by atoms with Crippen LogP contribution < -0.4 is 5.32 Å². The summed E-state index contributed by atoms with van der Waals surface area (Å²) in [4.78, 5) is 8.45. The number of hydrogen-bond donors (Lipinski definition) is 2. The lowest BCUT2D eigenvalue weighted by molar-refractivity contribution is 0.797. The summed E-state index contributed by atoms with van der Waals surface area (Å²) >= 11 is 5.97. The number of halogens is 1. The van der Waals surface area contributed by atoms with Crippen LogP contribution in [0.2, 0.25) is 5.02 Å². The average molecular weight is 274 g/mol. The van der Waals surface area contributed by atoms with Crippen molar-refractivity contribution < 1.29 is 0 Å². The van der Waals surface area contributed by atoms with Gasteiger partial charge in [0.2, 0.25) is 0 Å². The normalized spacial score (nSPS) is 12.5. The smallest absolute Gasteiger partial charge is 0.146 e. The number of aromatic amines is 1. The van der Waals surface area contributed by atoms with Crippen LogP contribution in [0.4, 0.5) is 5.69 Å². The molecule has 1 atom stereocenters. The number of pyridine rings is 1. The topological polar surface area (TPSA) is 66.5 Å². The van der Waals surface area contributed by atoms with E-state index in [9.17, 15) is 0 Å². The summed E-state index contributed by atoms with van der Waals surface area (Å²) in [6, 6.07) is 7.63. The monoisotopic (exact) mass is 273 g/mol. The third-order valence-corrected chi connectivity index (χ3v) is 3.16. The molecule has 5 nitrogen and oxygen atoms in total. The van der Waals surface area contributed by atoms with E-state index in [0.717, 1.165) is 22.4 Å². The van der Waals surface area contributed by atoms with Crippen LogP contribution in [0.15, 0.2) is 36.8 Å². The number of rotatable bonds is 3.